The number of halogens is 2. The van der Waals surface area contributed by atoms with Crippen molar-refractivity contribution >= 4 is 44.8 Å². The van der Waals surface area contributed by atoms with Crippen molar-refractivity contribution in [2.45, 2.75) is 25.9 Å². The third kappa shape index (κ3) is 3.94. The van der Waals surface area contributed by atoms with Crippen LogP contribution in [0.4, 0.5) is 11.4 Å². The van der Waals surface area contributed by atoms with E-state index in [1.807, 2.05) is 43.0 Å². The van der Waals surface area contributed by atoms with Gasteiger partial charge in [0.05, 0.1) is 21.2 Å². The number of nitro groups is 1. The molecule has 1 saturated heterocycles. The summed E-state index contributed by atoms with van der Waals surface area (Å²) in [5.74, 6) is -0.0167. The number of anilines is 1. The van der Waals surface area contributed by atoms with Crippen LogP contribution < -0.4 is 4.90 Å². The average Bonchev–Trinajstić information content (AvgIpc) is 2.61. The summed E-state index contributed by atoms with van der Waals surface area (Å²) in [5, 5.41) is 11.3. The topological polar surface area (TPSA) is 66.7 Å². The van der Waals surface area contributed by atoms with E-state index in [1.165, 1.54) is 12.1 Å². The summed E-state index contributed by atoms with van der Waals surface area (Å²) in [7, 11) is 0. The van der Waals surface area contributed by atoms with Crippen molar-refractivity contribution in [2.75, 3.05) is 18.0 Å². The molecule has 0 aliphatic carbocycles. The van der Waals surface area contributed by atoms with Gasteiger partial charge < -0.3 is 9.80 Å². The molecule has 1 aliphatic heterocycles. The predicted octanol–water partition coefficient (Wildman–Crippen LogP) is 4.75. The fraction of sp³-hybridized carbons (Fsp3) is 0.316. The molecule has 0 radical (unpaired) electrons. The summed E-state index contributed by atoms with van der Waals surface area (Å²) < 4.78 is 0.773. The van der Waals surface area contributed by atoms with E-state index in [1.54, 1.807) is 6.07 Å². The molecule has 0 aromatic heterocycles. The maximum absolute atomic E-state index is 13.0. The van der Waals surface area contributed by atoms with Crippen LogP contribution in [0.3, 0.4) is 0 Å². The van der Waals surface area contributed by atoms with Gasteiger partial charge in [0.2, 0.25) is 0 Å². The van der Waals surface area contributed by atoms with E-state index in [0.29, 0.717) is 23.7 Å². The Morgan fingerprint density at radius 1 is 1.19 bits per heavy atom. The van der Waals surface area contributed by atoms with Gasteiger partial charge in [0.1, 0.15) is 0 Å². The highest BCUT2D eigenvalue weighted by Crippen LogP contribution is 2.33. The van der Waals surface area contributed by atoms with Crippen LogP contribution >= 0.6 is 27.5 Å². The number of carbonyl (C=O) groups is 1. The van der Waals surface area contributed by atoms with Gasteiger partial charge in [-0.05, 0) is 48.0 Å². The molecule has 27 heavy (non-hydrogen) atoms. The molecule has 1 heterocycles. The molecule has 0 unspecified atom stereocenters. The van der Waals surface area contributed by atoms with E-state index >= 15 is 0 Å². The van der Waals surface area contributed by atoms with E-state index in [2.05, 4.69) is 20.8 Å². The SMILES string of the molecule is C[C@@H]1CN(c2ccc([N+](=O)[O-])cc2Cl)C[C@H](C)N1C(=O)c1ccccc1Br. The lowest BCUT2D eigenvalue weighted by Crippen LogP contribution is -2.58. The fourth-order valence-corrected chi connectivity index (χ4v) is 4.31. The second kappa shape index (κ2) is 7.86. The van der Waals surface area contributed by atoms with Crippen LogP contribution in [0.1, 0.15) is 24.2 Å². The van der Waals surface area contributed by atoms with Crippen LogP contribution in [0.5, 0.6) is 0 Å². The van der Waals surface area contributed by atoms with Crippen molar-refractivity contribution < 1.29 is 9.72 Å². The largest absolute Gasteiger partial charge is 0.366 e. The van der Waals surface area contributed by atoms with Crippen LogP contribution in [0, 0.1) is 10.1 Å². The monoisotopic (exact) mass is 451 g/mol. The molecule has 1 amide bonds. The number of hydrogen-bond donors (Lipinski definition) is 0. The number of benzene rings is 2. The first kappa shape index (κ1) is 19.6. The van der Waals surface area contributed by atoms with Gasteiger partial charge in [-0.25, -0.2) is 0 Å². The minimum absolute atomic E-state index is 0.0167. The van der Waals surface area contributed by atoms with Crippen LogP contribution in [-0.2, 0) is 0 Å². The quantitative estimate of drug-likeness (QED) is 0.498. The van der Waals surface area contributed by atoms with Gasteiger partial charge in [0, 0.05) is 41.8 Å². The minimum Gasteiger partial charge on any atom is -0.366 e. The second-order valence-corrected chi connectivity index (χ2v) is 7.95. The number of rotatable bonds is 3. The maximum Gasteiger partial charge on any atom is 0.271 e. The molecular weight excluding hydrogens is 434 g/mol. The van der Waals surface area contributed by atoms with Crippen LogP contribution in [0.25, 0.3) is 0 Å². The first-order valence-corrected chi connectivity index (χ1v) is 9.72. The van der Waals surface area contributed by atoms with Crippen molar-refractivity contribution in [1.82, 2.24) is 4.90 Å². The van der Waals surface area contributed by atoms with Gasteiger partial charge in [-0.15, -0.1) is 0 Å². The molecule has 2 aromatic carbocycles. The molecule has 1 aliphatic rings. The molecular formula is C19H19BrClN3O3. The van der Waals surface area contributed by atoms with Gasteiger partial charge in [0.25, 0.3) is 11.6 Å². The Balaban J connectivity index is 1.82. The van der Waals surface area contributed by atoms with Gasteiger partial charge in [0.15, 0.2) is 0 Å². The summed E-state index contributed by atoms with van der Waals surface area (Å²) in [6.45, 7) is 5.18. The molecule has 6 nitrogen and oxygen atoms in total. The van der Waals surface area contributed by atoms with Crippen LogP contribution in [0.15, 0.2) is 46.9 Å². The van der Waals surface area contributed by atoms with E-state index in [9.17, 15) is 14.9 Å². The summed E-state index contributed by atoms with van der Waals surface area (Å²) >= 11 is 9.73. The zero-order chi connectivity index (χ0) is 19.7. The van der Waals surface area contributed by atoms with E-state index in [0.717, 1.165) is 10.2 Å². The van der Waals surface area contributed by atoms with Crippen LogP contribution in [0.2, 0.25) is 5.02 Å². The third-order valence-corrected chi connectivity index (χ3v) is 5.73. The number of nitrogens with zero attached hydrogens (tertiary/aromatic N) is 3. The molecule has 142 valence electrons. The number of hydrogen-bond acceptors (Lipinski definition) is 4. The lowest BCUT2D eigenvalue weighted by molar-refractivity contribution is -0.384. The molecule has 2 atom stereocenters. The van der Waals surface area contributed by atoms with Crippen molar-refractivity contribution in [3.05, 3.63) is 67.6 Å². The Kier molecular flexibility index (Phi) is 5.72. The van der Waals surface area contributed by atoms with Crippen molar-refractivity contribution in [3.8, 4) is 0 Å². The van der Waals surface area contributed by atoms with E-state index in [-0.39, 0.29) is 23.7 Å². The Bertz CT molecular complexity index is 880. The molecule has 0 N–H and O–H groups in total. The summed E-state index contributed by atoms with van der Waals surface area (Å²) in [4.78, 5) is 27.5. The number of piperazine rings is 1. The third-order valence-electron chi connectivity index (χ3n) is 4.74. The molecule has 0 spiro atoms. The smallest absolute Gasteiger partial charge is 0.271 e. The van der Waals surface area contributed by atoms with Gasteiger partial charge in [-0.3, -0.25) is 14.9 Å². The Morgan fingerprint density at radius 3 is 2.37 bits per heavy atom. The molecule has 0 saturated carbocycles. The molecule has 0 bridgehead atoms. The number of nitro benzene ring substituents is 1. The Morgan fingerprint density at radius 2 is 1.81 bits per heavy atom. The second-order valence-electron chi connectivity index (χ2n) is 6.69. The summed E-state index contributed by atoms with van der Waals surface area (Å²) in [6, 6.07) is 11.8. The maximum atomic E-state index is 13.0. The highest BCUT2D eigenvalue weighted by atomic mass is 79.9. The summed E-state index contributed by atoms with van der Waals surface area (Å²) in [5.41, 5.74) is 1.35. The fourth-order valence-electron chi connectivity index (χ4n) is 3.56. The molecule has 3 rings (SSSR count). The lowest BCUT2D eigenvalue weighted by Gasteiger charge is -2.45. The van der Waals surface area contributed by atoms with Crippen LogP contribution in [-0.4, -0.2) is 40.9 Å². The standard InChI is InChI=1S/C19H19BrClN3O3/c1-12-10-22(18-8-7-14(24(26)27)9-17(18)21)11-13(2)23(12)19(25)15-5-3-4-6-16(15)20/h3-9,12-13H,10-11H2,1-2H3/t12-,13+. The zero-order valence-electron chi connectivity index (χ0n) is 14.9. The van der Waals surface area contributed by atoms with E-state index < -0.39 is 4.92 Å². The molecule has 8 heteroatoms. The highest BCUT2D eigenvalue weighted by Gasteiger charge is 2.34. The van der Waals surface area contributed by atoms with Crippen molar-refractivity contribution in [3.63, 3.8) is 0 Å². The van der Waals surface area contributed by atoms with Crippen molar-refractivity contribution in [1.29, 1.82) is 0 Å². The van der Waals surface area contributed by atoms with Gasteiger partial charge in [-0.1, -0.05) is 23.7 Å². The number of non-ortho nitro benzene ring substituents is 1. The van der Waals surface area contributed by atoms with Gasteiger partial charge in [-0.2, -0.15) is 0 Å². The summed E-state index contributed by atoms with van der Waals surface area (Å²) in [6.07, 6.45) is 0. The molecule has 2 aromatic rings. The number of amides is 1. The van der Waals surface area contributed by atoms with Gasteiger partial charge >= 0.3 is 0 Å². The van der Waals surface area contributed by atoms with E-state index in [4.69, 9.17) is 11.6 Å². The first-order chi connectivity index (χ1) is 12.8. The first-order valence-electron chi connectivity index (χ1n) is 8.55. The highest BCUT2D eigenvalue weighted by molar-refractivity contribution is 9.10. The normalized spacial score (nSPS) is 19.9. The Labute approximate surface area is 171 Å². The average molecular weight is 453 g/mol. The van der Waals surface area contributed by atoms with Crippen molar-refractivity contribution in [2.24, 2.45) is 0 Å². The molecule has 1 fully saturated rings. The number of carbonyl (C=O) groups excluding carboxylic acids is 1. The Hall–Kier alpha value is -2.12. The minimum atomic E-state index is -0.463. The predicted molar refractivity (Wildman–Crippen MR) is 110 cm³/mol. The lowest BCUT2D eigenvalue weighted by atomic mass is 10.0. The zero-order valence-corrected chi connectivity index (χ0v) is 17.3.